The molecule has 2 N–H and O–H groups in total. The zero-order chi connectivity index (χ0) is 13.4. The highest BCUT2D eigenvalue weighted by Crippen LogP contribution is 2.10. The summed E-state index contributed by atoms with van der Waals surface area (Å²) in [6.45, 7) is 0.156. The van der Waals surface area contributed by atoms with E-state index < -0.39 is 5.97 Å². The third-order valence-corrected chi connectivity index (χ3v) is 2.60. The summed E-state index contributed by atoms with van der Waals surface area (Å²) < 4.78 is 5.76. The molecule has 0 saturated carbocycles. The molecule has 0 saturated heterocycles. The Kier molecular flexibility index (Phi) is 6.38. The third kappa shape index (κ3) is 6.36. The van der Waals surface area contributed by atoms with Gasteiger partial charge >= 0.3 is 5.97 Å². The van der Waals surface area contributed by atoms with Gasteiger partial charge in [-0.1, -0.05) is 28.1 Å². The Morgan fingerprint density at radius 1 is 1.28 bits per heavy atom. The van der Waals surface area contributed by atoms with Crippen molar-refractivity contribution in [2.75, 3.05) is 19.8 Å². The average molecular weight is 316 g/mol. The van der Waals surface area contributed by atoms with E-state index in [4.69, 9.17) is 9.84 Å². The van der Waals surface area contributed by atoms with Crippen molar-refractivity contribution < 1.29 is 19.4 Å². The molecular formula is C12H14BrNO4. The van der Waals surface area contributed by atoms with Gasteiger partial charge in [-0.05, 0) is 17.7 Å². The molecule has 98 valence electrons. The molecule has 1 aromatic rings. The van der Waals surface area contributed by atoms with E-state index in [9.17, 15) is 9.59 Å². The molecule has 0 aromatic heterocycles. The first-order valence-corrected chi connectivity index (χ1v) is 6.18. The zero-order valence-corrected chi connectivity index (χ0v) is 11.3. The van der Waals surface area contributed by atoms with Crippen molar-refractivity contribution in [3.63, 3.8) is 0 Å². The predicted octanol–water partition coefficient (Wildman–Crippen LogP) is 1.21. The molecule has 0 unspecified atom stereocenters. The van der Waals surface area contributed by atoms with Gasteiger partial charge in [0.2, 0.25) is 5.91 Å². The van der Waals surface area contributed by atoms with Crippen molar-refractivity contribution in [2.24, 2.45) is 0 Å². The van der Waals surface area contributed by atoms with Crippen LogP contribution in [0.3, 0.4) is 0 Å². The molecule has 0 radical (unpaired) electrons. The maximum absolute atomic E-state index is 11.5. The molecule has 0 aliphatic carbocycles. The van der Waals surface area contributed by atoms with E-state index in [1.165, 1.54) is 0 Å². The number of hydrogen-bond acceptors (Lipinski definition) is 3. The van der Waals surface area contributed by atoms with Crippen LogP contribution < -0.4 is 5.32 Å². The molecule has 5 nitrogen and oxygen atoms in total. The van der Waals surface area contributed by atoms with Gasteiger partial charge in [0, 0.05) is 11.0 Å². The summed E-state index contributed by atoms with van der Waals surface area (Å²) in [5.41, 5.74) is 0.919. The van der Waals surface area contributed by atoms with Gasteiger partial charge in [-0.2, -0.15) is 0 Å². The lowest BCUT2D eigenvalue weighted by Crippen LogP contribution is -2.29. The minimum Gasteiger partial charge on any atom is -0.480 e. The van der Waals surface area contributed by atoms with Crippen LogP contribution in [-0.4, -0.2) is 36.7 Å². The molecule has 18 heavy (non-hydrogen) atoms. The minimum absolute atomic E-state index is 0.115. The lowest BCUT2D eigenvalue weighted by molar-refractivity contribution is -0.142. The number of carboxylic acids is 1. The largest absolute Gasteiger partial charge is 0.480 e. The first-order valence-electron chi connectivity index (χ1n) is 5.38. The fraction of sp³-hybridized carbons (Fsp3) is 0.333. The number of nitrogens with one attached hydrogen (secondary N) is 1. The summed E-state index contributed by atoms with van der Waals surface area (Å²) in [6, 6.07) is 7.48. The summed E-state index contributed by atoms with van der Waals surface area (Å²) in [4.78, 5) is 21.6. The lowest BCUT2D eigenvalue weighted by atomic mass is 10.1. The summed E-state index contributed by atoms with van der Waals surface area (Å²) in [7, 11) is 0. The molecule has 6 heteroatoms. The van der Waals surface area contributed by atoms with Crippen LogP contribution in [-0.2, 0) is 20.7 Å². The third-order valence-electron chi connectivity index (χ3n) is 2.07. The van der Waals surface area contributed by atoms with Crippen LogP contribution in [0.1, 0.15) is 5.56 Å². The lowest BCUT2D eigenvalue weighted by Gasteiger charge is -2.05. The maximum Gasteiger partial charge on any atom is 0.329 e. The summed E-state index contributed by atoms with van der Waals surface area (Å²) in [6.07, 6.45) is 0.298. The van der Waals surface area contributed by atoms with Gasteiger partial charge in [0.05, 0.1) is 13.0 Å². The number of aliphatic carboxylic acids is 1. The molecule has 0 atom stereocenters. The Morgan fingerprint density at radius 2 is 1.94 bits per heavy atom. The number of hydrogen-bond donors (Lipinski definition) is 2. The topological polar surface area (TPSA) is 75.6 Å². The monoisotopic (exact) mass is 315 g/mol. The molecule has 0 fully saturated rings. The average Bonchev–Trinajstić information content (AvgIpc) is 2.31. The number of amides is 1. The van der Waals surface area contributed by atoms with E-state index in [0.717, 1.165) is 10.0 Å². The van der Waals surface area contributed by atoms with Crippen molar-refractivity contribution in [2.45, 2.75) is 6.42 Å². The fourth-order valence-electron chi connectivity index (χ4n) is 1.27. The minimum atomic E-state index is -1.02. The summed E-state index contributed by atoms with van der Waals surface area (Å²) in [5, 5.41) is 11.0. The zero-order valence-electron chi connectivity index (χ0n) is 9.69. The van der Waals surface area contributed by atoms with Crippen LogP contribution in [0.4, 0.5) is 0 Å². The van der Waals surface area contributed by atoms with Crippen LogP contribution in [0, 0.1) is 0 Å². The SMILES string of the molecule is O=C(O)COCCNC(=O)Cc1ccc(Br)cc1. The predicted molar refractivity (Wildman–Crippen MR) is 69.3 cm³/mol. The van der Waals surface area contributed by atoms with E-state index in [-0.39, 0.29) is 19.1 Å². The van der Waals surface area contributed by atoms with Crippen molar-refractivity contribution >= 4 is 27.8 Å². The van der Waals surface area contributed by atoms with Gasteiger partial charge in [0.25, 0.3) is 0 Å². The first kappa shape index (κ1) is 14.7. The fourth-order valence-corrected chi connectivity index (χ4v) is 1.54. The second kappa shape index (κ2) is 7.84. The Labute approximate surface area is 113 Å². The normalized spacial score (nSPS) is 10.1. The van der Waals surface area contributed by atoms with Gasteiger partial charge in [-0.25, -0.2) is 4.79 Å². The van der Waals surface area contributed by atoms with Gasteiger partial charge < -0.3 is 15.2 Å². The van der Waals surface area contributed by atoms with E-state index >= 15 is 0 Å². The standard InChI is InChI=1S/C12H14BrNO4/c13-10-3-1-9(2-4-10)7-11(15)14-5-6-18-8-12(16)17/h1-4H,5-8H2,(H,14,15)(H,16,17). The van der Waals surface area contributed by atoms with E-state index in [1.54, 1.807) is 0 Å². The van der Waals surface area contributed by atoms with Crippen LogP contribution in [0.15, 0.2) is 28.7 Å². The van der Waals surface area contributed by atoms with Crippen molar-refractivity contribution in [3.05, 3.63) is 34.3 Å². The maximum atomic E-state index is 11.5. The Hall–Kier alpha value is -1.40. The number of carbonyl (C=O) groups excluding carboxylic acids is 1. The van der Waals surface area contributed by atoms with E-state index in [2.05, 4.69) is 21.2 Å². The number of ether oxygens (including phenoxy) is 1. The molecule has 0 aliphatic heterocycles. The number of halogens is 1. The second-order valence-electron chi connectivity index (χ2n) is 3.60. The number of carbonyl (C=O) groups is 2. The molecule has 0 spiro atoms. The van der Waals surface area contributed by atoms with Gasteiger partial charge in [-0.15, -0.1) is 0 Å². The highest BCUT2D eigenvalue weighted by atomic mass is 79.9. The molecule has 1 rings (SSSR count). The second-order valence-corrected chi connectivity index (χ2v) is 4.52. The first-order chi connectivity index (χ1) is 8.58. The molecule has 0 bridgehead atoms. The highest BCUT2D eigenvalue weighted by Gasteiger charge is 2.03. The molecule has 1 aromatic carbocycles. The number of rotatable bonds is 7. The Balaban J connectivity index is 2.17. The highest BCUT2D eigenvalue weighted by molar-refractivity contribution is 9.10. The quantitative estimate of drug-likeness (QED) is 0.742. The van der Waals surface area contributed by atoms with Crippen molar-refractivity contribution in [3.8, 4) is 0 Å². The molecule has 1 amide bonds. The van der Waals surface area contributed by atoms with Gasteiger partial charge in [0.1, 0.15) is 6.61 Å². The van der Waals surface area contributed by atoms with E-state index in [0.29, 0.717) is 13.0 Å². The summed E-state index contributed by atoms with van der Waals surface area (Å²) >= 11 is 3.32. The van der Waals surface area contributed by atoms with E-state index in [1.807, 2.05) is 24.3 Å². The smallest absolute Gasteiger partial charge is 0.329 e. The van der Waals surface area contributed by atoms with Crippen LogP contribution in [0.5, 0.6) is 0 Å². The number of carboxylic acid groups (broad SMARTS) is 1. The number of benzene rings is 1. The van der Waals surface area contributed by atoms with Crippen LogP contribution in [0.25, 0.3) is 0 Å². The molecule has 0 heterocycles. The Bertz CT molecular complexity index is 405. The summed E-state index contributed by atoms with van der Waals surface area (Å²) in [5.74, 6) is -1.13. The van der Waals surface area contributed by atoms with Crippen LogP contribution in [0.2, 0.25) is 0 Å². The van der Waals surface area contributed by atoms with Crippen molar-refractivity contribution in [1.29, 1.82) is 0 Å². The molecule has 0 aliphatic rings. The van der Waals surface area contributed by atoms with Crippen molar-refractivity contribution in [1.82, 2.24) is 5.32 Å². The molecular weight excluding hydrogens is 302 g/mol. The van der Waals surface area contributed by atoms with Gasteiger partial charge in [-0.3, -0.25) is 4.79 Å². The Morgan fingerprint density at radius 3 is 2.56 bits per heavy atom. The van der Waals surface area contributed by atoms with Crippen LogP contribution >= 0.6 is 15.9 Å². The van der Waals surface area contributed by atoms with Gasteiger partial charge in [0.15, 0.2) is 0 Å².